The quantitative estimate of drug-likeness (QED) is 0.642. The second-order valence-electron chi connectivity index (χ2n) is 3.74. The molecule has 0 unspecified atom stereocenters. The fourth-order valence-electron chi connectivity index (χ4n) is 1.30. The van der Waals surface area contributed by atoms with Crippen LogP contribution in [0.4, 0.5) is 5.69 Å². The summed E-state index contributed by atoms with van der Waals surface area (Å²) in [5.74, 6) is -0.199. The molecule has 6 nitrogen and oxygen atoms in total. The van der Waals surface area contributed by atoms with Gasteiger partial charge in [-0.3, -0.25) is 14.6 Å². The third kappa shape index (κ3) is 5.95. The summed E-state index contributed by atoms with van der Waals surface area (Å²) in [6.45, 7) is 0.975. The van der Waals surface area contributed by atoms with E-state index in [0.29, 0.717) is 25.2 Å². The van der Waals surface area contributed by atoms with Crippen LogP contribution in [0.25, 0.3) is 0 Å². The highest BCUT2D eigenvalue weighted by Gasteiger charge is 2.04. The van der Waals surface area contributed by atoms with Crippen molar-refractivity contribution in [1.82, 2.24) is 15.6 Å². The lowest BCUT2D eigenvalue weighted by atomic mass is 10.3. The lowest BCUT2D eigenvalue weighted by Gasteiger charge is -2.06. The molecular weight excluding hydrogens is 232 g/mol. The zero-order chi connectivity index (χ0) is 13.2. The van der Waals surface area contributed by atoms with Gasteiger partial charge in [-0.2, -0.15) is 0 Å². The molecular formula is C12H18N4O2. The zero-order valence-corrected chi connectivity index (χ0v) is 10.4. The molecule has 1 heterocycles. The van der Waals surface area contributed by atoms with Gasteiger partial charge in [0.1, 0.15) is 0 Å². The summed E-state index contributed by atoms with van der Waals surface area (Å²) >= 11 is 0. The smallest absolute Gasteiger partial charge is 0.226 e. The Morgan fingerprint density at radius 1 is 1.22 bits per heavy atom. The van der Waals surface area contributed by atoms with Crippen LogP contribution in [-0.2, 0) is 9.59 Å². The van der Waals surface area contributed by atoms with E-state index in [4.69, 9.17) is 0 Å². The fourth-order valence-corrected chi connectivity index (χ4v) is 1.30. The summed E-state index contributed by atoms with van der Waals surface area (Å²) in [7, 11) is 1.79. The first-order chi connectivity index (χ1) is 8.72. The van der Waals surface area contributed by atoms with Crippen molar-refractivity contribution < 1.29 is 9.59 Å². The number of nitrogens with one attached hydrogen (secondary N) is 3. The minimum absolute atomic E-state index is 0.0569. The molecule has 0 radical (unpaired) electrons. The molecule has 0 aromatic carbocycles. The molecule has 98 valence electrons. The number of anilines is 1. The van der Waals surface area contributed by atoms with Crippen molar-refractivity contribution in [2.45, 2.75) is 12.8 Å². The Kier molecular flexibility index (Phi) is 6.42. The Labute approximate surface area is 106 Å². The van der Waals surface area contributed by atoms with E-state index in [9.17, 15) is 9.59 Å². The minimum atomic E-state index is -0.142. The predicted molar refractivity (Wildman–Crippen MR) is 69.0 cm³/mol. The van der Waals surface area contributed by atoms with Gasteiger partial charge in [-0.15, -0.1) is 0 Å². The molecule has 2 amide bonds. The van der Waals surface area contributed by atoms with E-state index in [1.807, 2.05) is 0 Å². The van der Waals surface area contributed by atoms with Crippen LogP contribution in [0.3, 0.4) is 0 Å². The number of amides is 2. The Morgan fingerprint density at radius 3 is 2.67 bits per heavy atom. The molecule has 0 spiro atoms. The number of rotatable bonds is 7. The Morgan fingerprint density at radius 2 is 2.00 bits per heavy atom. The van der Waals surface area contributed by atoms with Crippen LogP contribution in [0, 0.1) is 0 Å². The maximum atomic E-state index is 11.5. The van der Waals surface area contributed by atoms with Crippen LogP contribution < -0.4 is 16.0 Å². The topological polar surface area (TPSA) is 83.1 Å². The molecule has 1 aromatic heterocycles. The average Bonchev–Trinajstić information content (AvgIpc) is 2.37. The van der Waals surface area contributed by atoms with Crippen molar-refractivity contribution in [3.05, 3.63) is 24.5 Å². The standard InChI is InChI=1S/C12H18N4O2/c1-13-7-4-11(17)15-8-5-12(18)16-10-3-2-6-14-9-10/h2-3,6,9,13H,4-5,7-8H2,1H3,(H,15,17)(H,16,18). The first-order valence-corrected chi connectivity index (χ1v) is 5.83. The number of nitrogens with zero attached hydrogens (tertiary/aromatic N) is 1. The van der Waals surface area contributed by atoms with Crippen molar-refractivity contribution in [2.24, 2.45) is 0 Å². The van der Waals surface area contributed by atoms with Crippen LogP contribution in [0.5, 0.6) is 0 Å². The van der Waals surface area contributed by atoms with Crippen molar-refractivity contribution in [3.8, 4) is 0 Å². The Hall–Kier alpha value is -1.95. The number of hydrogen-bond acceptors (Lipinski definition) is 4. The number of carbonyl (C=O) groups is 2. The highest BCUT2D eigenvalue weighted by Crippen LogP contribution is 2.02. The van der Waals surface area contributed by atoms with Gasteiger partial charge < -0.3 is 16.0 Å². The van der Waals surface area contributed by atoms with Gasteiger partial charge in [-0.25, -0.2) is 0 Å². The molecule has 0 bridgehead atoms. The normalized spacial score (nSPS) is 9.83. The van der Waals surface area contributed by atoms with E-state index < -0.39 is 0 Å². The van der Waals surface area contributed by atoms with E-state index in [-0.39, 0.29) is 18.2 Å². The van der Waals surface area contributed by atoms with E-state index in [2.05, 4.69) is 20.9 Å². The van der Waals surface area contributed by atoms with Gasteiger partial charge in [0, 0.05) is 32.1 Å². The van der Waals surface area contributed by atoms with E-state index in [1.165, 1.54) is 0 Å². The average molecular weight is 250 g/mol. The first-order valence-electron chi connectivity index (χ1n) is 5.83. The molecule has 3 N–H and O–H groups in total. The number of hydrogen-bond donors (Lipinski definition) is 3. The minimum Gasteiger partial charge on any atom is -0.356 e. The summed E-state index contributed by atoms with van der Waals surface area (Å²) < 4.78 is 0. The monoisotopic (exact) mass is 250 g/mol. The van der Waals surface area contributed by atoms with Gasteiger partial charge in [-0.05, 0) is 19.2 Å². The Bertz CT molecular complexity index is 381. The maximum Gasteiger partial charge on any atom is 0.226 e. The third-order valence-electron chi connectivity index (χ3n) is 2.22. The summed E-state index contributed by atoms with van der Waals surface area (Å²) in [6, 6.07) is 3.51. The lowest BCUT2D eigenvalue weighted by molar-refractivity contribution is -0.121. The number of pyridine rings is 1. The highest BCUT2D eigenvalue weighted by molar-refractivity contribution is 5.90. The van der Waals surface area contributed by atoms with Crippen LogP contribution in [-0.4, -0.2) is 36.9 Å². The van der Waals surface area contributed by atoms with Gasteiger partial charge >= 0.3 is 0 Å². The van der Waals surface area contributed by atoms with Crippen molar-refractivity contribution in [3.63, 3.8) is 0 Å². The third-order valence-corrected chi connectivity index (χ3v) is 2.22. The molecule has 0 saturated carbocycles. The number of aromatic nitrogens is 1. The molecule has 1 aromatic rings. The van der Waals surface area contributed by atoms with Gasteiger partial charge in [-0.1, -0.05) is 0 Å². The maximum absolute atomic E-state index is 11.5. The molecule has 0 aliphatic heterocycles. The van der Waals surface area contributed by atoms with Crippen molar-refractivity contribution >= 4 is 17.5 Å². The summed E-state index contributed by atoms with van der Waals surface area (Å²) in [6.07, 6.45) is 3.88. The molecule has 0 fully saturated rings. The van der Waals surface area contributed by atoms with Crippen LogP contribution >= 0.6 is 0 Å². The van der Waals surface area contributed by atoms with Crippen molar-refractivity contribution in [1.29, 1.82) is 0 Å². The second kappa shape index (κ2) is 8.19. The van der Waals surface area contributed by atoms with Gasteiger partial charge in [0.2, 0.25) is 11.8 Å². The van der Waals surface area contributed by atoms with E-state index >= 15 is 0 Å². The highest BCUT2D eigenvalue weighted by atomic mass is 16.2. The SMILES string of the molecule is CNCCC(=O)NCCC(=O)Nc1cccnc1. The largest absolute Gasteiger partial charge is 0.356 e. The first kappa shape index (κ1) is 14.1. The molecule has 0 atom stereocenters. The van der Waals surface area contributed by atoms with Gasteiger partial charge in [0.15, 0.2) is 0 Å². The zero-order valence-electron chi connectivity index (χ0n) is 10.4. The molecule has 6 heteroatoms. The second-order valence-corrected chi connectivity index (χ2v) is 3.74. The lowest BCUT2D eigenvalue weighted by Crippen LogP contribution is -2.29. The molecule has 1 rings (SSSR count). The van der Waals surface area contributed by atoms with Crippen LogP contribution in [0.15, 0.2) is 24.5 Å². The summed E-state index contributed by atoms with van der Waals surface area (Å²) in [5.41, 5.74) is 0.656. The van der Waals surface area contributed by atoms with Crippen LogP contribution in [0.1, 0.15) is 12.8 Å². The Balaban J connectivity index is 2.16. The number of carbonyl (C=O) groups excluding carboxylic acids is 2. The fraction of sp³-hybridized carbons (Fsp3) is 0.417. The van der Waals surface area contributed by atoms with Crippen LogP contribution in [0.2, 0.25) is 0 Å². The van der Waals surface area contributed by atoms with Gasteiger partial charge in [0.05, 0.1) is 11.9 Å². The molecule has 18 heavy (non-hydrogen) atoms. The molecule has 0 aliphatic carbocycles. The summed E-state index contributed by atoms with van der Waals surface area (Å²) in [5, 5.41) is 8.26. The predicted octanol–water partition coefficient (Wildman–Crippen LogP) is 0.136. The van der Waals surface area contributed by atoms with Crippen molar-refractivity contribution in [2.75, 3.05) is 25.5 Å². The molecule has 0 saturated heterocycles. The van der Waals surface area contributed by atoms with Gasteiger partial charge in [0.25, 0.3) is 0 Å². The summed E-state index contributed by atoms with van der Waals surface area (Å²) in [4.78, 5) is 26.6. The van der Waals surface area contributed by atoms with E-state index in [1.54, 1.807) is 31.6 Å². The molecule has 0 aliphatic rings. The van der Waals surface area contributed by atoms with E-state index in [0.717, 1.165) is 0 Å².